The third-order valence-electron chi connectivity index (χ3n) is 5.63. The van der Waals surface area contributed by atoms with Crippen LogP contribution in [0, 0.1) is 0 Å². The molecule has 0 unspecified atom stereocenters. The minimum atomic E-state index is 1.14. The molecule has 0 heterocycles. The van der Waals surface area contributed by atoms with Crippen LogP contribution in [0.3, 0.4) is 0 Å². The van der Waals surface area contributed by atoms with Gasteiger partial charge in [0.1, 0.15) is 0 Å². The van der Waals surface area contributed by atoms with E-state index < -0.39 is 0 Å². The van der Waals surface area contributed by atoms with Crippen LogP contribution in [0.2, 0.25) is 0 Å². The molecule has 0 nitrogen and oxygen atoms in total. The summed E-state index contributed by atoms with van der Waals surface area (Å²) in [6.07, 6.45) is 7.36. The van der Waals surface area contributed by atoms with Crippen LogP contribution in [0.1, 0.15) is 31.2 Å². The fraction of sp³-hybridized carbons (Fsp3) is 0.167. The third kappa shape index (κ3) is 1.99. The van der Waals surface area contributed by atoms with Crippen molar-refractivity contribution < 1.29 is 0 Å². The second kappa shape index (κ2) is 5.21. The molecular formula is C24H20. The largest absolute Gasteiger partial charge is 0.0906 e. The number of fused-ring (bicyclic) bond motifs is 3. The van der Waals surface area contributed by atoms with Crippen LogP contribution in [0.4, 0.5) is 0 Å². The molecule has 2 aliphatic carbocycles. The van der Waals surface area contributed by atoms with Gasteiger partial charge in [0.2, 0.25) is 0 Å². The van der Waals surface area contributed by atoms with Gasteiger partial charge in [0, 0.05) is 0 Å². The smallest absolute Gasteiger partial charge is 0.00992 e. The van der Waals surface area contributed by atoms with Crippen molar-refractivity contribution in [3.63, 3.8) is 0 Å². The van der Waals surface area contributed by atoms with Crippen LogP contribution >= 0.6 is 0 Å². The summed E-state index contributed by atoms with van der Waals surface area (Å²) in [6.45, 7) is 4.45. The molecule has 0 bridgehead atoms. The Morgan fingerprint density at radius 1 is 0.833 bits per heavy atom. The lowest BCUT2D eigenvalue weighted by Gasteiger charge is -2.12. The van der Waals surface area contributed by atoms with Crippen LogP contribution in [-0.4, -0.2) is 0 Å². The van der Waals surface area contributed by atoms with E-state index in [9.17, 15) is 0 Å². The predicted octanol–water partition coefficient (Wildman–Crippen LogP) is 6.82. The summed E-state index contributed by atoms with van der Waals surface area (Å²) in [5, 5.41) is 5.25. The molecule has 0 atom stereocenters. The van der Waals surface area contributed by atoms with Gasteiger partial charge in [-0.3, -0.25) is 0 Å². The summed E-state index contributed by atoms with van der Waals surface area (Å²) in [5.41, 5.74) is 7.08. The number of rotatable bonds is 2. The zero-order valence-electron chi connectivity index (χ0n) is 13.8. The van der Waals surface area contributed by atoms with Gasteiger partial charge in [-0.2, -0.15) is 0 Å². The van der Waals surface area contributed by atoms with E-state index >= 15 is 0 Å². The Morgan fingerprint density at radius 2 is 1.62 bits per heavy atom. The third-order valence-corrected chi connectivity index (χ3v) is 5.63. The number of hydrogen-bond donors (Lipinski definition) is 0. The van der Waals surface area contributed by atoms with Gasteiger partial charge in [-0.05, 0) is 75.6 Å². The predicted molar refractivity (Wildman–Crippen MR) is 104 cm³/mol. The lowest BCUT2D eigenvalue weighted by molar-refractivity contribution is 0.879. The van der Waals surface area contributed by atoms with Gasteiger partial charge in [-0.25, -0.2) is 0 Å². The van der Waals surface area contributed by atoms with E-state index in [0.717, 1.165) is 6.42 Å². The summed E-state index contributed by atoms with van der Waals surface area (Å²) >= 11 is 0. The zero-order valence-corrected chi connectivity index (χ0v) is 13.8. The van der Waals surface area contributed by atoms with E-state index in [4.69, 9.17) is 0 Å². The maximum atomic E-state index is 4.45. The number of hydrogen-bond acceptors (Lipinski definition) is 0. The van der Waals surface area contributed by atoms with Gasteiger partial charge < -0.3 is 0 Å². The van der Waals surface area contributed by atoms with Crippen molar-refractivity contribution in [1.82, 2.24) is 0 Å². The number of benzene rings is 3. The van der Waals surface area contributed by atoms with Crippen molar-refractivity contribution in [2.75, 3.05) is 0 Å². The van der Waals surface area contributed by atoms with Gasteiger partial charge in [-0.1, -0.05) is 66.8 Å². The second-order valence-corrected chi connectivity index (χ2v) is 6.96. The lowest BCUT2D eigenvalue weighted by atomic mass is 9.92. The van der Waals surface area contributed by atoms with Crippen LogP contribution in [-0.2, 0) is 0 Å². The average molecular weight is 308 g/mol. The standard InChI is InChI=1S/C24H20/c1-16(21-14-13-18-6-4-8-22(18)21)20-12-11-19-10-9-17-5-2-3-7-23(17)24(19)15-20/h2-3,5,7,9-12,14-15H,1,4,6,8,13H2. The molecule has 24 heavy (non-hydrogen) atoms. The molecule has 0 aromatic heterocycles. The SMILES string of the molecule is C=C(C1=CCC2=C1CCC2)c1ccc2ccc3ccccc3c2c1. The second-order valence-electron chi connectivity index (χ2n) is 6.96. The maximum absolute atomic E-state index is 4.45. The van der Waals surface area contributed by atoms with Gasteiger partial charge in [0.25, 0.3) is 0 Å². The highest BCUT2D eigenvalue weighted by molar-refractivity contribution is 6.08. The summed E-state index contributed by atoms with van der Waals surface area (Å²) in [7, 11) is 0. The Bertz CT molecular complexity index is 1060. The van der Waals surface area contributed by atoms with E-state index in [2.05, 4.69) is 67.3 Å². The van der Waals surface area contributed by atoms with Crippen molar-refractivity contribution >= 4 is 27.1 Å². The van der Waals surface area contributed by atoms with E-state index in [-0.39, 0.29) is 0 Å². The molecule has 0 aliphatic heterocycles. The van der Waals surface area contributed by atoms with Crippen molar-refractivity contribution in [3.8, 4) is 0 Å². The highest BCUT2D eigenvalue weighted by Gasteiger charge is 2.24. The Morgan fingerprint density at radius 3 is 2.54 bits per heavy atom. The number of allylic oxidation sites excluding steroid dienone is 5. The molecule has 0 saturated heterocycles. The Hall–Kier alpha value is -2.60. The first-order valence-electron chi connectivity index (χ1n) is 8.84. The summed E-state index contributed by atoms with van der Waals surface area (Å²) in [4.78, 5) is 0. The molecule has 0 amide bonds. The van der Waals surface area contributed by atoms with Crippen LogP contribution < -0.4 is 0 Å². The molecule has 2 aliphatic rings. The lowest BCUT2D eigenvalue weighted by Crippen LogP contribution is -1.91. The first-order valence-corrected chi connectivity index (χ1v) is 8.84. The van der Waals surface area contributed by atoms with Crippen LogP contribution in [0.25, 0.3) is 27.1 Å². The van der Waals surface area contributed by atoms with E-state index in [1.165, 1.54) is 57.5 Å². The molecule has 0 saturated carbocycles. The van der Waals surface area contributed by atoms with Gasteiger partial charge in [0.15, 0.2) is 0 Å². The molecule has 3 aromatic rings. The minimum Gasteiger partial charge on any atom is -0.0906 e. The normalized spacial score (nSPS) is 16.8. The molecule has 0 heteroatoms. The molecule has 116 valence electrons. The Labute approximate surface area is 142 Å². The highest BCUT2D eigenvalue weighted by Crippen LogP contribution is 2.44. The molecule has 5 rings (SSSR count). The van der Waals surface area contributed by atoms with Gasteiger partial charge in [0.05, 0.1) is 0 Å². The molecular weight excluding hydrogens is 288 g/mol. The minimum absolute atomic E-state index is 1.14. The monoisotopic (exact) mass is 308 g/mol. The summed E-state index contributed by atoms with van der Waals surface area (Å²) < 4.78 is 0. The fourth-order valence-electron chi connectivity index (χ4n) is 4.36. The van der Waals surface area contributed by atoms with Crippen LogP contribution in [0.15, 0.2) is 84.0 Å². The van der Waals surface area contributed by atoms with Crippen LogP contribution in [0.5, 0.6) is 0 Å². The molecule has 0 fully saturated rings. The molecule has 0 spiro atoms. The molecule has 0 radical (unpaired) electrons. The Balaban J connectivity index is 1.65. The topological polar surface area (TPSA) is 0 Å². The maximum Gasteiger partial charge on any atom is -0.00992 e. The van der Waals surface area contributed by atoms with Crippen molar-refractivity contribution in [2.24, 2.45) is 0 Å². The van der Waals surface area contributed by atoms with E-state index in [1.807, 2.05) is 0 Å². The van der Waals surface area contributed by atoms with Gasteiger partial charge in [-0.15, -0.1) is 0 Å². The quantitative estimate of drug-likeness (QED) is 0.456. The van der Waals surface area contributed by atoms with Crippen molar-refractivity contribution in [2.45, 2.75) is 25.7 Å². The average Bonchev–Trinajstić information content (AvgIpc) is 3.24. The molecule has 0 N–H and O–H groups in total. The fourth-order valence-corrected chi connectivity index (χ4v) is 4.36. The first-order chi connectivity index (χ1) is 11.8. The zero-order chi connectivity index (χ0) is 16.1. The first kappa shape index (κ1) is 13.8. The van der Waals surface area contributed by atoms with Crippen molar-refractivity contribution in [3.05, 3.63) is 89.5 Å². The van der Waals surface area contributed by atoms with E-state index in [1.54, 1.807) is 11.1 Å². The molecule has 3 aromatic carbocycles. The van der Waals surface area contributed by atoms with Crippen molar-refractivity contribution in [1.29, 1.82) is 0 Å². The Kier molecular flexibility index (Phi) is 2.99. The highest BCUT2D eigenvalue weighted by atomic mass is 14.3. The summed E-state index contributed by atoms with van der Waals surface area (Å²) in [6, 6.07) is 19.9. The van der Waals surface area contributed by atoms with E-state index in [0.29, 0.717) is 0 Å². The summed E-state index contributed by atoms with van der Waals surface area (Å²) in [5.74, 6) is 0. The van der Waals surface area contributed by atoms with Gasteiger partial charge >= 0.3 is 0 Å².